The molecule has 1 heterocycles. The Morgan fingerprint density at radius 2 is 2.18 bits per heavy atom. The van der Waals surface area contributed by atoms with Crippen LogP contribution in [0.15, 0.2) is 18.2 Å². The molecule has 0 radical (unpaired) electrons. The number of amides is 2. The first-order valence-electron chi connectivity index (χ1n) is 7.19. The molecule has 0 saturated carbocycles. The second-order valence-corrected chi connectivity index (χ2v) is 5.86. The van der Waals surface area contributed by atoms with Gasteiger partial charge in [-0.25, -0.2) is 4.79 Å². The highest BCUT2D eigenvalue weighted by Crippen LogP contribution is 2.30. The van der Waals surface area contributed by atoms with Gasteiger partial charge in [-0.2, -0.15) is 0 Å². The number of carbonyl (C=O) groups is 2. The maximum atomic E-state index is 12.4. The molecule has 1 saturated heterocycles. The molecule has 2 rings (SSSR count). The molecule has 7 heteroatoms. The van der Waals surface area contributed by atoms with Crippen molar-refractivity contribution in [3.8, 4) is 0 Å². The third kappa shape index (κ3) is 4.05. The van der Waals surface area contributed by atoms with Crippen LogP contribution in [0.4, 0.5) is 10.5 Å². The number of rotatable bonds is 3. The van der Waals surface area contributed by atoms with Crippen molar-refractivity contribution in [2.75, 3.05) is 25.0 Å². The van der Waals surface area contributed by atoms with Crippen molar-refractivity contribution in [2.45, 2.75) is 19.8 Å². The highest BCUT2D eigenvalue weighted by Gasteiger charge is 2.29. The zero-order valence-corrected chi connectivity index (χ0v) is 13.8. The first-order chi connectivity index (χ1) is 10.5. The van der Waals surface area contributed by atoms with Gasteiger partial charge < -0.3 is 15.0 Å². The quantitative estimate of drug-likeness (QED) is 0.907. The summed E-state index contributed by atoms with van der Waals surface area (Å²) in [6, 6.07) is 5.07. The molecule has 1 aliphatic rings. The number of nitrogens with zero attached hydrogens (tertiary/aromatic N) is 1. The standard InChI is InChI=1S/C15H18Cl2N2O3/c1-2-22-15(21)19-8-4-5-10(9-19)14(20)18-12-7-3-6-11(16)13(12)17/h3,6-7,10H,2,4-5,8-9H2,1H3,(H,18,20)/t10-/m1/s1. The lowest BCUT2D eigenvalue weighted by Gasteiger charge is -2.31. The summed E-state index contributed by atoms with van der Waals surface area (Å²) >= 11 is 12.0. The molecule has 120 valence electrons. The maximum Gasteiger partial charge on any atom is 0.409 e. The van der Waals surface area contributed by atoms with Gasteiger partial charge in [-0.05, 0) is 31.9 Å². The van der Waals surface area contributed by atoms with Crippen molar-refractivity contribution in [2.24, 2.45) is 5.92 Å². The molecular formula is C15H18Cl2N2O3. The first kappa shape index (κ1) is 16.9. The first-order valence-corrected chi connectivity index (χ1v) is 7.95. The van der Waals surface area contributed by atoms with Crippen molar-refractivity contribution >= 4 is 40.9 Å². The van der Waals surface area contributed by atoms with E-state index in [9.17, 15) is 9.59 Å². The molecule has 1 atom stereocenters. The van der Waals surface area contributed by atoms with Crippen LogP contribution in [0.25, 0.3) is 0 Å². The maximum absolute atomic E-state index is 12.4. The molecule has 5 nitrogen and oxygen atoms in total. The number of hydrogen-bond acceptors (Lipinski definition) is 3. The Hall–Kier alpha value is -1.46. The molecule has 1 aliphatic heterocycles. The zero-order chi connectivity index (χ0) is 16.1. The van der Waals surface area contributed by atoms with E-state index in [1.807, 2.05) is 0 Å². The van der Waals surface area contributed by atoms with E-state index >= 15 is 0 Å². The van der Waals surface area contributed by atoms with Crippen molar-refractivity contribution in [3.63, 3.8) is 0 Å². The second kappa shape index (κ2) is 7.70. The van der Waals surface area contributed by atoms with E-state index < -0.39 is 0 Å². The average molecular weight is 345 g/mol. The van der Waals surface area contributed by atoms with Crippen molar-refractivity contribution in [1.82, 2.24) is 4.90 Å². The molecule has 1 fully saturated rings. The lowest BCUT2D eigenvalue weighted by Crippen LogP contribution is -2.44. The Labute approximate surface area is 139 Å². The van der Waals surface area contributed by atoms with Gasteiger partial charge in [0.25, 0.3) is 0 Å². The van der Waals surface area contributed by atoms with Gasteiger partial charge in [0.15, 0.2) is 0 Å². The Bertz CT molecular complexity index is 566. The fourth-order valence-electron chi connectivity index (χ4n) is 2.41. The number of likely N-dealkylation sites (tertiary alicyclic amines) is 1. The summed E-state index contributed by atoms with van der Waals surface area (Å²) < 4.78 is 4.98. The van der Waals surface area contributed by atoms with Crippen LogP contribution < -0.4 is 5.32 Å². The predicted octanol–water partition coefficient (Wildman–Crippen LogP) is 3.80. The van der Waals surface area contributed by atoms with Crippen LogP contribution >= 0.6 is 23.2 Å². The molecule has 2 amide bonds. The molecule has 0 bridgehead atoms. The number of halogens is 2. The molecule has 22 heavy (non-hydrogen) atoms. The summed E-state index contributed by atoms with van der Waals surface area (Å²) in [6.07, 6.45) is 1.11. The van der Waals surface area contributed by atoms with Gasteiger partial charge in [0.1, 0.15) is 0 Å². The second-order valence-electron chi connectivity index (χ2n) is 5.07. The van der Waals surface area contributed by atoms with E-state index in [1.54, 1.807) is 30.0 Å². The van der Waals surface area contributed by atoms with Gasteiger partial charge in [-0.15, -0.1) is 0 Å². The normalized spacial score (nSPS) is 18.0. The largest absolute Gasteiger partial charge is 0.450 e. The number of carbonyl (C=O) groups excluding carboxylic acids is 2. The van der Waals surface area contributed by atoms with Crippen molar-refractivity contribution < 1.29 is 14.3 Å². The molecule has 0 aliphatic carbocycles. The highest BCUT2D eigenvalue weighted by atomic mass is 35.5. The SMILES string of the molecule is CCOC(=O)N1CCC[C@@H](C(=O)Nc2cccc(Cl)c2Cl)C1. The molecule has 0 spiro atoms. The third-order valence-corrected chi connectivity index (χ3v) is 4.35. The van der Waals surface area contributed by atoms with E-state index in [0.29, 0.717) is 35.4 Å². The fraction of sp³-hybridized carbons (Fsp3) is 0.467. The van der Waals surface area contributed by atoms with Gasteiger partial charge in [-0.1, -0.05) is 29.3 Å². The van der Waals surface area contributed by atoms with Crippen molar-refractivity contribution in [1.29, 1.82) is 0 Å². The fourth-order valence-corrected chi connectivity index (χ4v) is 2.75. The van der Waals surface area contributed by atoms with Crippen LogP contribution in [-0.4, -0.2) is 36.6 Å². The van der Waals surface area contributed by atoms with Crippen LogP contribution in [0, 0.1) is 5.92 Å². The lowest BCUT2D eigenvalue weighted by molar-refractivity contribution is -0.121. The topological polar surface area (TPSA) is 58.6 Å². The minimum absolute atomic E-state index is 0.168. The van der Waals surface area contributed by atoms with Gasteiger partial charge in [0.05, 0.1) is 28.3 Å². The van der Waals surface area contributed by atoms with Gasteiger partial charge in [-0.3, -0.25) is 4.79 Å². The Kier molecular flexibility index (Phi) is 5.91. The molecular weight excluding hydrogens is 327 g/mol. The van der Waals surface area contributed by atoms with E-state index in [2.05, 4.69) is 5.32 Å². The smallest absolute Gasteiger partial charge is 0.409 e. The Morgan fingerprint density at radius 3 is 2.91 bits per heavy atom. The molecule has 1 N–H and O–H groups in total. The minimum atomic E-state index is -0.374. The van der Waals surface area contributed by atoms with Gasteiger partial charge in [0, 0.05) is 13.1 Å². The summed E-state index contributed by atoms with van der Waals surface area (Å²) in [4.78, 5) is 25.7. The number of nitrogens with one attached hydrogen (secondary N) is 1. The molecule has 1 aromatic carbocycles. The molecule has 0 aromatic heterocycles. The van der Waals surface area contributed by atoms with E-state index in [-0.39, 0.29) is 17.9 Å². The summed E-state index contributed by atoms with van der Waals surface area (Å²) in [6.45, 7) is 3.04. The van der Waals surface area contributed by atoms with Gasteiger partial charge >= 0.3 is 6.09 Å². The average Bonchev–Trinajstić information content (AvgIpc) is 2.52. The number of piperidine rings is 1. The zero-order valence-electron chi connectivity index (χ0n) is 12.3. The number of benzene rings is 1. The summed E-state index contributed by atoms with van der Waals surface area (Å²) in [5, 5.41) is 3.48. The van der Waals surface area contributed by atoms with Crippen molar-refractivity contribution in [3.05, 3.63) is 28.2 Å². The third-order valence-electron chi connectivity index (χ3n) is 3.53. The van der Waals surface area contributed by atoms with Crippen LogP contribution in [0.1, 0.15) is 19.8 Å². The van der Waals surface area contributed by atoms with Crippen LogP contribution in [0.3, 0.4) is 0 Å². The Balaban J connectivity index is 2.00. The predicted molar refractivity (Wildman–Crippen MR) is 86.4 cm³/mol. The van der Waals surface area contributed by atoms with E-state index in [1.165, 1.54) is 0 Å². The Morgan fingerprint density at radius 1 is 1.41 bits per heavy atom. The monoisotopic (exact) mass is 344 g/mol. The van der Waals surface area contributed by atoms with Gasteiger partial charge in [0.2, 0.25) is 5.91 Å². The van der Waals surface area contributed by atoms with E-state index in [4.69, 9.17) is 27.9 Å². The molecule has 1 aromatic rings. The molecule has 0 unspecified atom stereocenters. The highest BCUT2D eigenvalue weighted by molar-refractivity contribution is 6.44. The summed E-state index contributed by atoms with van der Waals surface area (Å²) in [5.74, 6) is -0.452. The minimum Gasteiger partial charge on any atom is -0.450 e. The number of ether oxygens (including phenoxy) is 1. The number of anilines is 1. The van der Waals surface area contributed by atoms with Crippen LogP contribution in [0.5, 0.6) is 0 Å². The summed E-state index contributed by atoms with van der Waals surface area (Å²) in [7, 11) is 0. The lowest BCUT2D eigenvalue weighted by atomic mass is 9.97. The van der Waals surface area contributed by atoms with E-state index in [0.717, 1.165) is 12.8 Å². The number of hydrogen-bond donors (Lipinski definition) is 1. The van der Waals surface area contributed by atoms with Crippen LogP contribution in [-0.2, 0) is 9.53 Å². The van der Waals surface area contributed by atoms with Crippen LogP contribution in [0.2, 0.25) is 10.0 Å². The summed E-state index contributed by atoms with van der Waals surface area (Å²) in [5.41, 5.74) is 0.479.